The van der Waals surface area contributed by atoms with Gasteiger partial charge in [-0.3, -0.25) is 0 Å². The van der Waals surface area contributed by atoms with Crippen LogP contribution in [0.2, 0.25) is 0 Å². The van der Waals surface area contributed by atoms with Crippen LogP contribution in [-0.2, 0) is 0 Å². The zero-order chi connectivity index (χ0) is 11.7. The molecule has 0 unspecified atom stereocenters. The van der Waals surface area contributed by atoms with Gasteiger partial charge >= 0.3 is 0 Å². The van der Waals surface area contributed by atoms with Gasteiger partial charge in [0, 0.05) is 5.92 Å². The summed E-state index contributed by atoms with van der Waals surface area (Å²) in [5.41, 5.74) is 3.67. The maximum Gasteiger partial charge on any atom is 0.109 e. The molecular weight excluding hydrogens is 208 g/mol. The second kappa shape index (κ2) is 4.36. The predicted octanol–water partition coefficient (Wildman–Crippen LogP) is 4.04. The number of rotatable bonds is 2. The van der Waals surface area contributed by atoms with Crippen LogP contribution >= 0.6 is 0 Å². The summed E-state index contributed by atoms with van der Waals surface area (Å²) < 4.78 is 0. The first kappa shape index (κ1) is 10.6. The number of aromatic amines is 1. The van der Waals surface area contributed by atoms with Crippen molar-refractivity contribution in [2.24, 2.45) is 0 Å². The molecule has 88 valence electrons. The van der Waals surface area contributed by atoms with Crippen LogP contribution in [-0.4, -0.2) is 9.97 Å². The van der Waals surface area contributed by atoms with Gasteiger partial charge in [-0.25, -0.2) is 4.98 Å². The third-order valence-electron chi connectivity index (χ3n) is 3.70. The fourth-order valence-corrected chi connectivity index (χ4v) is 2.62. The molecule has 0 bridgehead atoms. The summed E-state index contributed by atoms with van der Waals surface area (Å²) in [5, 5.41) is 0. The van der Waals surface area contributed by atoms with Crippen molar-refractivity contribution < 1.29 is 0 Å². The van der Waals surface area contributed by atoms with E-state index < -0.39 is 0 Å². The molecule has 0 spiro atoms. The normalized spacial score (nSPS) is 16.5. The first-order chi connectivity index (χ1) is 8.33. The van der Waals surface area contributed by atoms with Crippen LogP contribution in [0.1, 0.15) is 43.0 Å². The van der Waals surface area contributed by atoms with E-state index in [1.807, 2.05) is 6.20 Å². The van der Waals surface area contributed by atoms with E-state index in [-0.39, 0.29) is 0 Å². The van der Waals surface area contributed by atoms with Crippen molar-refractivity contribution >= 4 is 0 Å². The van der Waals surface area contributed by atoms with E-state index in [0.29, 0.717) is 5.92 Å². The average Bonchev–Trinajstić information content (AvgIpc) is 3.00. The number of nitrogens with one attached hydrogen (secondary N) is 1. The number of benzene rings is 1. The Kier molecular flexibility index (Phi) is 2.71. The number of aromatic nitrogens is 2. The van der Waals surface area contributed by atoms with Gasteiger partial charge < -0.3 is 4.98 Å². The van der Waals surface area contributed by atoms with Gasteiger partial charge in [0.25, 0.3) is 0 Å². The Morgan fingerprint density at radius 3 is 2.53 bits per heavy atom. The Morgan fingerprint density at radius 2 is 1.82 bits per heavy atom. The third-order valence-corrected chi connectivity index (χ3v) is 3.70. The highest BCUT2D eigenvalue weighted by molar-refractivity contribution is 5.58. The highest BCUT2D eigenvalue weighted by Crippen LogP contribution is 2.33. The molecule has 17 heavy (non-hydrogen) atoms. The summed E-state index contributed by atoms with van der Waals surface area (Å²) in [5.74, 6) is 1.84. The summed E-state index contributed by atoms with van der Waals surface area (Å²) in [6, 6.07) is 8.60. The Hall–Kier alpha value is -1.57. The predicted molar refractivity (Wildman–Crippen MR) is 70.0 cm³/mol. The van der Waals surface area contributed by atoms with Crippen molar-refractivity contribution in [2.75, 3.05) is 0 Å². The first-order valence-corrected chi connectivity index (χ1v) is 6.45. The molecule has 1 aromatic carbocycles. The van der Waals surface area contributed by atoms with E-state index in [2.05, 4.69) is 41.2 Å². The van der Waals surface area contributed by atoms with Gasteiger partial charge in [0.05, 0.1) is 11.9 Å². The topological polar surface area (TPSA) is 28.7 Å². The lowest BCUT2D eigenvalue weighted by atomic mass is 10.1. The van der Waals surface area contributed by atoms with Gasteiger partial charge in [-0.05, 0) is 25.3 Å². The van der Waals surface area contributed by atoms with E-state index in [0.717, 1.165) is 5.69 Å². The minimum Gasteiger partial charge on any atom is -0.342 e. The molecule has 1 aromatic heterocycles. The Morgan fingerprint density at radius 1 is 1.12 bits per heavy atom. The molecule has 1 saturated carbocycles. The smallest absolute Gasteiger partial charge is 0.109 e. The van der Waals surface area contributed by atoms with Crippen molar-refractivity contribution in [1.82, 2.24) is 9.97 Å². The number of H-pyrrole nitrogens is 1. The lowest BCUT2D eigenvalue weighted by Crippen LogP contribution is -1.94. The molecule has 0 atom stereocenters. The molecule has 1 aliphatic rings. The van der Waals surface area contributed by atoms with Crippen molar-refractivity contribution in [2.45, 2.75) is 38.5 Å². The second-order valence-electron chi connectivity index (χ2n) is 5.03. The molecule has 1 fully saturated rings. The summed E-state index contributed by atoms with van der Waals surface area (Å²) in [6.45, 7) is 2.11. The van der Waals surface area contributed by atoms with Crippen LogP contribution in [0.15, 0.2) is 30.5 Å². The first-order valence-electron chi connectivity index (χ1n) is 6.45. The van der Waals surface area contributed by atoms with E-state index in [1.54, 1.807) is 0 Å². The zero-order valence-corrected chi connectivity index (χ0v) is 10.2. The summed E-state index contributed by atoms with van der Waals surface area (Å²) in [6.07, 6.45) is 7.26. The van der Waals surface area contributed by atoms with Gasteiger partial charge in [-0.15, -0.1) is 0 Å². The average molecular weight is 226 g/mol. The summed E-state index contributed by atoms with van der Waals surface area (Å²) in [7, 11) is 0. The standard InChI is InChI=1S/C15H18N2/c1-11-6-8-12(9-7-11)14-10-16-15(17-14)13-4-2-3-5-13/h6-10,13H,2-5H2,1H3,(H,16,17). The van der Waals surface area contributed by atoms with Crippen molar-refractivity contribution in [3.63, 3.8) is 0 Å². The quantitative estimate of drug-likeness (QED) is 0.822. The van der Waals surface area contributed by atoms with Gasteiger partial charge in [0.15, 0.2) is 0 Å². The minimum absolute atomic E-state index is 0.661. The van der Waals surface area contributed by atoms with Crippen molar-refractivity contribution in [1.29, 1.82) is 0 Å². The SMILES string of the molecule is Cc1ccc(-c2cnc(C3CCCC3)[nH]2)cc1. The Labute approximate surface area is 102 Å². The number of hydrogen-bond donors (Lipinski definition) is 1. The van der Waals surface area contributed by atoms with Gasteiger partial charge in [0.2, 0.25) is 0 Å². The number of imidazole rings is 1. The molecule has 2 aromatic rings. The maximum absolute atomic E-state index is 4.54. The van der Waals surface area contributed by atoms with E-state index in [4.69, 9.17) is 0 Å². The summed E-state index contributed by atoms with van der Waals surface area (Å²) in [4.78, 5) is 8.02. The fraction of sp³-hybridized carbons (Fsp3) is 0.400. The van der Waals surface area contributed by atoms with E-state index >= 15 is 0 Å². The second-order valence-corrected chi connectivity index (χ2v) is 5.03. The Bertz CT molecular complexity index is 490. The highest BCUT2D eigenvalue weighted by atomic mass is 14.9. The van der Waals surface area contributed by atoms with Gasteiger partial charge in [-0.1, -0.05) is 42.7 Å². The van der Waals surface area contributed by atoms with Crippen LogP contribution in [0.5, 0.6) is 0 Å². The highest BCUT2D eigenvalue weighted by Gasteiger charge is 2.19. The molecule has 0 amide bonds. The molecule has 2 heteroatoms. The fourth-order valence-electron chi connectivity index (χ4n) is 2.62. The van der Waals surface area contributed by atoms with E-state index in [1.165, 1.54) is 42.6 Å². The van der Waals surface area contributed by atoms with E-state index in [9.17, 15) is 0 Å². The Balaban J connectivity index is 1.86. The number of nitrogens with zero attached hydrogens (tertiary/aromatic N) is 1. The van der Waals surface area contributed by atoms with Gasteiger partial charge in [0.1, 0.15) is 5.82 Å². The molecule has 0 radical (unpaired) electrons. The van der Waals surface area contributed by atoms with Crippen molar-refractivity contribution in [3.8, 4) is 11.3 Å². The third kappa shape index (κ3) is 2.12. The minimum atomic E-state index is 0.661. The van der Waals surface area contributed by atoms with Crippen LogP contribution < -0.4 is 0 Å². The zero-order valence-electron chi connectivity index (χ0n) is 10.2. The van der Waals surface area contributed by atoms with Crippen LogP contribution in [0.25, 0.3) is 11.3 Å². The molecule has 2 nitrogen and oxygen atoms in total. The number of aryl methyl sites for hydroxylation is 1. The summed E-state index contributed by atoms with van der Waals surface area (Å²) >= 11 is 0. The largest absolute Gasteiger partial charge is 0.342 e. The van der Waals surface area contributed by atoms with Gasteiger partial charge in [-0.2, -0.15) is 0 Å². The lowest BCUT2D eigenvalue weighted by molar-refractivity contribution is 0.679. The van der Waals surface area contributed by atoms with Crippen LogP contribution in [0.3, 0.4) is 0 Å². The molecule has 1 N–H and O–H groups in total. The number of hydrogen-bond acceptors (Lipinski definition) is 1. The molecule has 1 aliphatic carbocycles. The molecule has 0 saturated heterocycles. The molecule has 3 rings (SSSR count). The molecular formula is C15H18N2. The monoisotopic (exact) mass is 226 g/mol. The molecule has 1 heterocycles. The van der Waals surface area contributed by atoms with Crippen molar-refractivity contribution in [3.05, 3.63) is 41.9 Å². The lowest BCUT2D eigenvalue weighted by Gasteiger charge is -2.04. The molecule has 0 aliphatic heterocycles. The van der Waals surface area contributed by atoms with Crippen LogP contribution in [0, 0.1) is 6.92 Å². The van der Waals surface area contributed by atoms with Crippen LogP contribution in [0.4, 0.5) is 0 Å². The maximum atomic E-state index is 4.54.